The highest BCUT2D eigenvalue weighted by Gasteiger charge is 2.43. The van der Waals surface area contributed by atoms with Crippen LogP contribution in [0.25, 0.3) is 10.4 Å². The zero-order valence-corrected chi connectivity index (χ0v) is 34.4. The Bertz CT molecular complexity index is 1400. The Morgan fingerprint density at radius 1 is 1.00 bits per heavy atom. The maximum atomic E-state index is 14.3. The van der Waals surface area contributed by atoms with Crippen molar-refractivity contribution in [2.24, 2.45) is 22.9 Å². The van der Waals surface area contributed by atoms with Gasteiger partial charge < -0.3 is 35.0 Å². The number of amides is 4. The van der Waals surface area contributed by atoms with Crippen LogP contribution in [0.1, 0.15) is 85.8 Å². The molecule has 0 bridgehead atoms. The van der Waals surface area contributed by atoms with Crippen molar-refractivity contribution in [1.82, 2.24) is 25.3 Å². The molecule has 1 aromatic rings. The van der Waals surface area contributed by atoms with Crippen LogP contribution in [-0.2, 0) is 28.7 Å². The standard InChI is InChI=1S/C39H66N8O7/c1-13-24(4)34(46(10)39(52)32(26(6)43-44-40)42-38(51)33(23(2)3)45(8)9)30(53-11)22-31(48)47-21-17-20-29(47)36(54-12)25(5)37(50)41-27(7)35(49)28-18-15-14-16-19-28/h14-16,18-19,23-27,29-30,32-36,49H,13,17,20-22H2,1-12H3,(H,41,50)(H,42,51)/t24-,25+,26-,27+,29?,30+,32-,33?,34-,35+,36+/m0/s1. The molecule has 0 saturated carbocycles. The van der Waals surface area contributed by atoms with E-state index in [9.17, 15) is 29.8 Å². The number of benzene rings is 1. The van der Waals surface area contributed by atoms with Gasteiger partial charge in [0.15, 0.2) is 0 Å². The second-order valence-corrected chi connectivity index (χ2v) is 15.3. The number of aliphatic hydroxyl groups excluding tert-OH is 1. The first-order valence-electron chi connectivity index (χ1n) is 19.1. The van der Waals surface area contributed by atoms with E-state index in [2.05, 4.69) is 20.7 Å². The maximum absolute atomic E-state index is 14.3. The van der Waals surface area contributed by atoms with E-state index in [1.807, 2.05) is 45.9 Å². The molecule has 1 fully saturated rings. The van der Waals surface area contributed by atoms with Crippen LogP contribution in [0.5, 0.6) is 0 Å². The number of hydrogen-bond donors (Lipinski definition) is 3. The van der Waals surface area contributed by atoms with E-state index in [1.54, 1.807) is 63.8 Å². The smallest absolute Gasteiger partial charge is 0.245 e. The number of hydrogen-bond acceptors (Lipinski definition) is 9. The topological polar surface area (TPSA) is 190 Å². The molecular weight excluding hydrogens is 692 g/mol. The minimum absolute atomic E-state index is 0.0457. The number of azide groups is 1. The van der Waals surface area contributed by atoms with Crippen LogP contribution >= 0.6 is 0 Å². The molecule has 3 N–H and O–H groups in total. The second kappa shape index (κ2) is 22.0. The van der Waals surface area contributed by atoms with E-state index in [-0.39, 0.29) is 42.0 Å². The Morgan fingerprint density at radius 2 is 1.63 bits per heavy atom. The van der Waals surface area contributed by atoms with Gasteiger partial charge in [-0.2, -0.15) is 0 Å². The maximum Gasteiger partial charge on any atom is 0.245 e. The average molecular weight is 759 g/mol. The molecule has 2 unspecified atom stereocenters. The monoisotopic (exact) mass is 759 g/mol. The van der Waals surface area contributed by atoms with Crippen molar-refractivity contribution in [3.8, 4) is 0 Å². The largest absolute Gasteiger partial charge is 0.386 e. The van der Waals surface area contributed by atoms with Crippen LogP contribution in [0.2, 0.25) is 0 Å². The molecule has 0 radical (unpaired) electrons. The van der Waals surface area contributed by atoms with Crippen molar-refractivity contribution in [2.45, 2.75) is 129 Å². The predicted molar refractivity (Wildman–Crippen MR) is 208 cm³/mol. The third-order valence-corrected chi connectivity index (χ3v) is 11.0. The zero-order chi connectivity index (χ0) is 40.9. The highest BCUT2D eigenvalue weighted by atomic mass is 16.5. The molecule has 11 atom stereocenters. The van der Waals surface area contributed by atoms with E-state index in [1.165, 1.54) is 19.1 Å². The van der Waals surface area contributed by atoms with Gasteiger partial charge in [0.25, 0.3) is 0 Å². The van der Waals surface area contributed by atoms with Crippen LogP contribution in [0.15, 0.2) is 35.4 Å². The first-order valence-corrected chi connectivity index (χ1v) is 19.1. The summed E-state index contributed by atoms with van der Waals surface area (Å²) in [6, 6.07) is 5.02. The number of aliphatic hydroxyl groups is 1. The van der Waals surface area contributed by atoms with Gasteiger partial charge >= 0.3 is 0 Å². The molecule has 4 amide bonds. The van der Waals surface area contributed by atoms with Crippen LogP contribution in [0, 0.1) is 17.8 Å². The Kier molecular flexibility index (Phi) is 18.9. The number of ether oxygens (including phenoxy) is 2. The molecular formula is C39H66N8O7. The lowest BCUT2D eigenvalue weighted by Gasteiger charge is -2.41. The molecule has 15 nitrogen and oxygen atoms in total. The number of likely N-dealkylation sites (N-methyl/N-ethyl adjacent to an activating group) is 2. The summed E-state index contributed by atoms with van der Waals surface area (Å²) < 4.78 is 11.9. The van der Waals surface area contributed by atoms with Gasteiger partial charge in [-0.15, -0.1) is 0 Å². The number of carbonyl (C=O) groups is 4. The molecule has 0 aromatic heterocycles. The normalized spacial score (nSPS) is 20.1. The van der Waals surface area contributed by atoms with Gasteiger partial charge in [-0.25, -0.2) is 0 Å². The fourth-order valence-corrected chi connectivity index (χ4v) is 7.81. The van der Waals surface area contributed by atoms with E-state index in [0.717, 1.165) is 6.42 Å². The average Bonchev–Trinajstić information content (AvgIpc) is 3.62. The third-order valence-electron chi connectivity index (χ3n) is 11.0. The van der Waals surface area contributed by atoms with E-state index in [4.69, 9.17) is 9.47 Å². The molecule has 304 valence electrons. The number of methoxy groups -OCH3 is 2. The summed E-state index contributed by atoms with van der Waals surface area (Å²) in [5.74, 6) is -2.13. The second-order valence-electron chi connectivity index (χ2n) is 15.3. The fraction of sp³-hybridized carbons (Fsp3) is 0.744. The van der Waals surface area contributed by atoms with Gasteiger partial charge in [0, 0.05) is 32.7 Å². The molecule has 15 heteroatoms. The number of rotatable bonds is 21. The zero-order valence-electron chi connectivity index (χ0n) is 34.4. The van der Waals surface area contributed by atoms with Gasteiger partial charge in [0.1, 0.15) is 6.04 Å². The molecule has 1 aliphatic heterocycles. The summed E-state index contributed by atoms with van der Waals surface area (Å²) in [5, 5.41) is 20.4. The molecule has 0 aliphatic carbocycles. The summed E-state index contributed by atoms with van der Waals surface area (Å²) in [4.78, 5) is 63.4. The number of nitrogens with zero attached hydrogens (tertiary/aromatic N) is 6. The highest BCUT2D eigenvalue weighted by molar-refractivity contribution is 5.90. The molecule has 54 heavy (non-hydrogen) atoms. The number of likely N-dealkylation sites (tertiary alicyclic amines) is 1. The minimum atomic E-state index is -1.16. The first-order chi connectivity index (χ1) is 25.5. The molecule has 1 heterocycles. The summed E-state index contributed by atoms with van der Waals surface area (Å²) in [5.41, 5.74) is 9.94. The first kappa shape index (κ1) is 46.4. The highest BCUT2D eigenvalue weighted by Crippen LogP contribution is 2.30. The molecule has 1 saturated heterocycles. The van der Waals surface area contributed by atoms with Crippen molar-refractivity contribution in [2.75, 3.05) is 41.9 Å². The van der Waals surface area contributed by atoms with Crippen molar-refractivity contribution < 1.29 is 33.8 Å². The number of nitrogens with one attached hydrogen (secondary N) is 2. The molecule has 1 aromatic carbocycles. The minimum Gasteiger partial charge on any atom is -0.386 e. The van der Waals surface area contributed by atoms with Gasteiger partial charge in [0.2, 0.25) is 23.6 Å². The fourth-order valence-electron chi connectivity index (χ4n) is 7.81. The van der Waals surface area contributed by atoms with Crippen molar-refractivity contribution in [1.29, 1.82) is 0 Å². The van der Waals surface area contributed by atoms with Gasteiger partial charge in [-0.05, 0) is 56.8 Å². The summed E-state index contributed by atoms with van der Waals surface area (Å²) >= 11 is 0. The molecule has 1 aliphatic rings. The molecule has 2 rings (SSSR count). The summed E-state index contributed by atoms with van der Waals surface area (Å²) in [7, 11) is 8.24. The van der Waals surface area contributed by atoms with E-state index < -0.39 is 60.3 Å². The summed E-state index contributed by atoms with van der Waals surface area (Å²) in [6.45, 7) is 13.4. The lowest BCUT2D eigenvalue weighted by atomic mass is 9.89. The van der Waals surface area contributed by atoms with Gasteiger partial charge in [0.05, 0.1) is 60.9 Å². The van der Waals surface area contributed by atoms with Crippen LogP contribution in [-0.4, -0.2) is 134 Å². The van der Waals surface area contributed by atoms with Crippen molar-refractivity contribution in [3.63, 3.8) is 0 Å². The van der Waals surface area contributed by atoms with Crippen molar-refractivity contribution in [3.05, 3.63) is 46.3 Å². The Hall–Kier alpha value is -3.75. The lowest BCUT2D eigenvalue weighted by molar-refractivity contribution is -0.147. The number of carbonyl (C=O) groups excluding carboxylic acids is 4. The van der Waals surface area contributed by atoms with E-state index >= 15 is 0 Å². The van der Waals surface area contributed by atoms with Crippen molar-refractivity contribution >= 4 is 23.6 Å². The van der Waals surface area contributed by atoms with Crippen LogP contribution < -0.4 is 10.6 Å². The third kappa shape index (κ3) is 11.9. The van der Waals surface area contributed by atoms with Crippen LogP contribution in [0.4, 0.5) is 0 Å². The summed E-state index contributed by atoms with van der Waals surface area (Å²) in [6.07, 6.45) is -0.254. The Morgan fingerprint density at radius 3 is 2.15 bits per heavy atom. The predicted octanol–water partition coefficient (Wildman–Crippen LogP) is 3.91. The van der Waals surface area contributed by atoms with Crippen LogP contribution in [0.3, 0.4) is 0 Å². The van der Waals surface area contributed by atoms with E-state index in [0.29, 0.717) is 24.9 Å². The Labute approximate surface area is 322 Å². The SMILES string of the molecule is CC[C@H](C)[C@@H]([C@@H](CC(=O)N1CCCC1[C@H](OC)[C@@H](C)C(=O)N[C@H](C)[C@@H](O)c1ccccc1)OC)N(C)C(=O)[C@@H](NC(=O)C(C(C)C)N(C)C)[C@H](C)N=[N+]=[N-]. The molecule has 0 spiro atoms. The quantitative estimate of drug-likeness (QED) is 0.0956. The lowest BCUT2D eigenvalue weighted by Crippen LogP contribution is -2.60. The Balaban J connectivity index is 2.31. The van der Waals surface area contributed by atoms with Gasteiger partial charge in [-0.3, -0.25) is 24.1 Å². The van der Waals surface area contributed by atoms with Gasteiger partial charge in [-0.1, -0.05) is 83.4 Å².